The molecule has 1 aliphatic rings. The van der Waals surface area contributed by atoms with E-state index in [0.29, 0.717) is 6.54 Å². The summed E-state index contributed by atoms with van der Waals surface area (Å²) in [4.78, 5) is 27.9. The number of amides is 2. The third kappa shape index (κ3) is 3.50. The van der Waals surface area contributed by atoms with E-state index in [2.05, 4.69) is 17.4 Å². The maximum atomic E-state index is 13.2. The van der Waals surface area contributed by atoms with Crippen LogP contribution in [-0.2, 0) is 16.0 Å². The van der Waals surface area contributed by atoms with Crippen molar-refractivity contribution < 1.29 is 9.59 Å². The predicted octanol–water partition coefficient (Wildman–Crippen LogP) is 4.25. The van der Waals surface area contributed by atoms with Gasteiger partial charge in [0.2, 0.25) is 11.8 Å². The average molecular weight is 350 g/mol. The average Bonchev–Trinajstić information content (AvgIpc) is 2.59. The highest BCUT2D eigenvalue weighted by molar-refractivity contribution is 6.15. The molecule has 0 saturated carbocycles. The molecule has 4 nitrogen and oxygen atoms in total. The highest BCUT2D eigenvalue weighted by Crippen LogP contribution is 2.31. The van der Waals surface area contributed by atoms with Crippen LogP contribution in [-0.4, -0.2) is 18.4 Å². The summed E-state index contributed by atoms with van der Waals surface area (Å²) in [6.45, 7) is 8.03. The van der Waals surface area contributed by atoms with Gasteiger partial charge in [-0.15, -0.1) is 0 Å². The van der Waals surface area contributed by atoms with Crippen molar-refractivity contribution in [1.29, 1.82) is 0 Å². The van der Waals surface area contributed by atoms with Gasteiger partial charge in [0.25, 0.3) is 0 Å². The fraction of sp³-hybridized carbons (Fsp3) is 0.364. The number of nitrogens with one attached hydrogen (secondary N) is 1. The number of fused-ring (bicyclic) bond motifs is 1. The van der Waals surface area contributed by atoms with Gasteiger partial charge in [0.15, 0.2) is 0 Å². The third-order valence-corrected chi connectivity index (χ3v) is 4.94. The second-order valence-corrected chi connectivity index (χ2v) is 7.64. The molecule has 3 rings (SSSR count). The summed E-state index contributed by atoms with van der Waals surface area (Å²) in [6, 6.07) is 13.8. The van der Waals surface area contributed by atoms with Crippen molar-refractivity contribution in [1.82, 2.24) is 0 Å². The van der Waals surface area contributed by atoms with Crippen LogP contribution < -0.4 is 10.2 Å². The SMILES string of the molecule is Cc1cc(C)cc(NC(=O)C(C)(C)C(=O)N2CCCc3ccccc32)c1. The first kappa shape index (κ1) is 18.2. The summed E-state index contributed by atoms with van der Waals surface area (Å²) in [7, 11) is 0. The highest BCUT2D eigenvalue weighted by Gasteiger charge is 2.40. The minimum Gasteiger partial charge on any atom is -0.325 e. The first-order valence-electron chi connectivity index (χ1n) is 9.08. The van der Waals surface area contributed by atoms with Crippen molar-refractivity contribution >= 4 is 23.2 Å². The van der Waals surface area contributed by atoms with Crippen LogP contribution in [0, 0.1) is 19.3 Å². The maximum Gasteiger partial charge on any atom is 0.242 e. The van der Waals surface area contributed by atoms with Gasteiger partial charge >= 0.3 is 0 Å². The quantitative estimate of drug-likeness (QED) is 0.842. The highest BCUT2D eigenvalue weighted by atomic mass is 16.2. The van der Waals surface area contributed by atoms with E-state index in [9.17, 15) is 9.59 Å². The molecule has 4 heteroatoms. The molecule has 1 heterocycles. The van der Waals surface area contributed by atoms with Crippen LogP contribution in [0.3, 0.4) is 0 Å². The standard InChI is InChI=1S/C22H26N2O2/c1-15-12-16(2)14-18(13-15)23-20(25)22(3,4)21(26)24-11-7-9-17-8-5-6-10-19(17)24/h5-6,8,10,12-14H,7,9,11H2,1-4H3,(H,23,25). The topological polar surface area (TPSA) is 49.4 Å². The minimum atomic E-state index is -1.15. The van der Waals surface area contributed by atoms with Gasteiger partial charge in [-0.25, -0.2) is 0 Å². The number of aryl methyl sites for hydroxylation is 3. The number of hydrogen-bond donors (Lipinski definition) is 1. The van der Waals surface area contributed by atoms with Crippen LogP contribution in [0.15, 0.2) is 42.5 Å². The van der Waals surface area contributed by atoms with Crippen LogP contribution in [0.4, 0.5) is 11.4 Å². The van der Waals surface area contributed by atoms with Crippen LogP contribution >= 0.6 is 0 Å². The smallest absolute Gasteiger partial charge is 0.242 e. The van der Waals surface area contributed by atoms with E-state index in [0.717, 1.165) is 40.9 Å². The van der Waals surface area contributed by atoms with E-state index >= 15 is 0 Å². The second kappa shape index (κ2) is 6.94. The number of rotatable bonds is 3. The molecule has 0 spiro atoms. The zero-order chi connectivity index (χ0) is 18.9. The molecule has 0 bridgehead atoms. The monoisotopic (exact) mass is 350 g/mol. The Labute approximate surface area is 155 Å². The van der Waals surface area contributed by atoms with Gasteiger partial charge in [-0.3, -0.25) is 9.59 Å². The van der Waals surface area contributed by atoms with Gasteiger partial charge in [0.05, 0.1) is 0 Å². The molecule has 0 unspecified atom stereocenters. The molecule has 26 heavy (non-hydrogen) atoms. The van der Waals surface area contributed by atoms with Gasteiger partial charge < -0.3 is 10.2 Å². The lowest BCUT2D eigenvalue weighted by Gasteiger charge is -2.35. The fourth-order valence-electron chi connectivity index (χ4n) is 3.51. The van der Waals surface area contributed by atoms with E-state index in [-0.39, 0.29) is 11.8 Å². The molecule has 0 aliphatic carbocycles. The molecular weight excluding hydrogens is 324 g/mol. The van der Waals surface area contributed by atoms with Crippen molar-refractivity contribution in [3.63, 3.8) is 0 Å². The zero-order valence-electron chi connectivity index (χ0n) is 15.9. The number of carbonyl (C=O) groups excluding carboxylic acids is 2. The fourth-order valence-corrected chi connectivity index (χ4v) is 3.51. The molecule has 1 aliphatic heterocycles. The Bertz CT molecular complexity index is 835. The van der Waals surface area contributed by atoms with Gasteiger partial charge in [0.1, 0.15) is 5.41 Å². The summed E-state index contributed by atoms with van der Waals surface area (Å²) >= 11 is 0. The Balaban J connectivity index is 1.83. The number of nitrogens with zero attached hydrogens (tertiary/aromatic N) is 1. The largest absolute Gasteiger partial charge is 0.325 e. The molecule has 0 aromatic heterocycles. The van der Waals surface area contributed by atoms with Gasteiger partial charge in [-0.1, -0.05) is 24.3 Å². The number of carbonyl (C=O) groups is 2. The normalized spacial score (nSPS) is 13.9. The zero-order valence-corrected chi connectivity index (χ0v) is 15.9. The van der Waals surface area contributed by atoms with E-state index in [1.807, 2.05) is 44.2 Å². The Morgan fingerprint density at radius 1 is 1.04 bits per heavy atom. The van der Waals surface area contributed by atoms with Crippen LogP contribution in [0.25, 0.3) is 0 Å². The van der Waals surface area contributed by atoms with Crippen molar-refractivity contribution in [2.75, 3.05) is 16.8 Å². The predicted molar refractivity (Wildman–Crippen MR) is 105 cm³/mol. The Kier molecular flexibility index (Phi) is 4.86. The minimum absolute atomic E-state index is 0.161. The lowest BCUT2D eigenvalue weighted by Crippen LogP contribution is -2.49. The van der Waals surface area contributed by atoms with E-state index in [1.165, 1.54) is 0 Å². The summed E-state index contributed by atoms with van der Waals surface area (Å²) in [5, 5.41) is 2.92. The maximum absolute atomic E-state index is 13.2. The first-order valence-corrected chi connectivity index (χ1v) is 9.08. The first-order chi connectivity index (χ1) is 12.3. The Morgan fingerprint density at radius 2 is 1.69 bits per heavy atom. The molecule has 0 fully saturated rings. The second-order valence-electron chi connectivity index (χ2n) is 7.64. The van der Waals surface area contributed by atoms with Gasteiger partial charge in [-0.2, -0.15) is 0 Å². The van der Waals surface area contributed by atoms with E-state index in [4.69, 9.17) is 0 Å². The van der Waals surface area contributed by atoms with Crippen molar-refractivity contribution in [2.45, 2.75) is 40.5 Å². The number of para-hydroxylation sites is 1. The van der Waals surface area contributed by atoms with E-state index < -0.39 is 5.41 Å². The number of anilines is 2. The molecule has 136 valence electrons. The molecule has 0 radical (unpaired) electrons. The summed E-state index contributed by atoms with van der Waals surface area (Å²) in [5.74, 6) is -0.443. The summed E-state index contributed by atoms with van der Waals surface area (Å²) in [6.07, 6.45) is 1.88. The molecule has 2 aromatic carbocycles. The molecule has 2 amide bonds. The van der Waals surface area contributed by atoms with Crippen molar-refractivity contribution in [3.05, 3.63) is 59.2 Å². The van der Waals surface area contributed by atoms with Crippen LogP contribution in [0.2, 0.25) is 0 Å². The lowest BCUT2D eigenvalue weighted by atomic mass is 9.88. The Hall–Kier alpha value is -2.62. The van der Waals surface area contributed by atoms with Gasteiger partial charge in [0, 0.05) is 17.9 Å². The molecule has 2 aromatic rings. The van der Waals surface area contributed by atoms with Crippen molar-refractivity contribution in [3.8, 4) is 0 Å². The number of benzene rings is 2. The van der Waals surface area contributed by atoms with Crippen LogP contribution in [0.1, 0.15) is 37.0 Å². The molecular formula is C22H26N2O2. The molecule has 1 N–H and O–H groups in total. The van der Waals surface area contributed by atoms with Crippen LogP contribution in [0.5, 0.6) is 0 Å². The summed E-state index contributed by atoms with van der Waals surface area (Å²) < 4.78 is 0. The summed E-state index contributed by atoms with van der Waals surface area (Å²) in [5.41, 5.74) is 3.83. The Morgan fingerprint density at radius 3 is 2.38 bits per heavy atom. The molecule has 0 atom stereocenters. The number of hydrogen-bond acceptors (Lipinski definition) is 2. The van der Waals surface area contributed by atoms with Gasteiger partial charge in [-0.05, 0) is 75.4 Å². The third-order valence-electron chi connectivity index (χ3n) is 4.94. The lowest BCUT2D eigenvalue weighted by molar-refractivity contribution is -0.136. The van der Waals surface area contributed by atoms with E-state index in [1.54, 1.807) is 18.7 Å². The molecule has 0 saturated heterocycles. The van der Waals surface area contributed by atoms with Crippen molar-refractivity contribution in [2.24, 2.45) is 5.41 Å².